The van der Waals surface area contributed by atoms with Crippen LogP contribution in [0.2, 0.25) is 0 Å². The third kappa shape index (κ3) is 2.47. The number of hydrogen-bond acceptors (Lipinski definition) is 1. The summed E-state index contributed by atoms with van der Waals surface area (Å²) in [6.45, 7) is 2.16. The first-order valence-corrected chi connectivity index (χ1v) is 10.6. The molecular weight excluding hydrogens is 364 g/mol. The molecule has 6 rings (SSSR count). The van der Waals surface area contributed by atoms with E-state index in [9.17, 15) is 0 Å². The number of benzene rings is 3. The number of rotatable bonds is 3. The zero-order valence-electron chi connectivity index (χ0n) is 17.0. The molecule has 0 bridgehead atoms. The Kier molecular flexibility index (Phi) is 3.84. The fraction of sp³-hybridized carbons (Fsp3) is 0.143. The number of aromatic nitrogens is 1. The fourth-order valence-electron chi connectivity index (χ4n) is 5.22. The van der Waals surface area contributed by atoms with E-state index in [1.807, 2.05) is 18.2 Å². The van der Waals surface area contributed by atoms with Gasteiger partial charge in [0.05, 0.1) is 17.1 Å². The van der Waals surface area contributed by atoms with Gasteiger partial charge in [0.15, 0.2) is 0 Å². The molecule has 1 aromatic heterocycles. The van der Waals surface area contributed by atoms with Gasteiger partial charge in [0, 0.05) is 22.7 Å². The molecule has 1 aliphatic carbocycles. The van der Waals surface area contributed by atoms with Crippen LogP contribution in [-0.4, -0.2) is 4.57 Å². The molecule has 30 heavy (non-hydrogen) atoms. The predicted octanol–water partition coefficient (Wildman–Crippen LogP) is 6.66. The van der Waals surface area contributed by atoms with Crippen molar-refractivity contribution < 1.29 is 0 Å². The average Bonchev–Trinajstić information content (AvgIpc) is 3.31. The number of nitrogens with zero attached hydrogens (tertiary/aromatic N) is 1. The third-order valence-electron chi connectivity index (χ3n) is 6.69. The quantitative estimate of drug-likeness (QED) is 0.418. The Balaban J connectivity index is 1.50. The normalized spacial score (nSPS) is 20.8. The summed E-state index contributed by atoms with van der Waals surface area (Å²) in [7, 11) is 0. The lowest BCUT2D eigenvalue weighted by Crippen LogP contribution is -2.09. The summed E-state index contributed by atoms with van der Waals surface area (Å²) < 4.78 is 2.54. The molecule has 2 nitrogen and oxygen atoms in total. The van der Waals surface area contributed by atoms with Crippen LogP contribution in [0.15, 0.2) is 97.1 Å². The molecule has 0 saturated heterocycles. The summed E-state index contributed by atoms with van der Waals surface area (Å²) in [5, 5.41) is 2.69. The fourth-order valence-corrected chi connectivity index (χ4v) is 5.22. The zero-order chi connectivity index (χ0) is 20.2. The van der Waals surface area contributed by atoms with Crippen LogP contribution >= 0.6 is 0 Å². The third-order valence-corrected chi connectivity index (χ3v) is 6.69. The first kappa shape index (κ1) is 17.5. The summed E-state index contributed by atoms with van der Waals surface area (Å²) in [5.41, 5.74) is 14.2. The maximum Gasteiger partial charge on any atom is 0.0630 e. The van der Waals surface area contributed by atoms with Crippen molar-refractivity contribution in [3.63, 3.8) is 0 Å². The Bertz CT molecular complexity index is 1370. The van der Waals surface area contributed by atoms with Crippen molar-refractivity contribution >= 4 is 27.4 Å². The molecule has 4 aromatic rings. The van der Waals surface area contributed by atoms with Gasteiger partial charge in [0.25, 0.3) is 0 Å². The summed E-state index contributed by atoms with van der Waals surface area (Å²) in [6, 6.07) is 24.1. The highest BCUT2D eigenvalue weighted by atomic mass is 15.0. The van der Waals surface area contributed by atoms with Crippen LogP contribution in [0.25, 0.3) is 27.4 Å². The van der Waals surface area contributed by atoms with E-state index < -0.39 is 0 Å². The Morgan fingerprint density at radius 3 is 2.63 bits per heavy atom. The molecule has 0 spiro atoms. The van der Waals surface area contributed by atoms with Gasteiger partial charge in [-0.05, 0) is 35.3 Å². The first-order chi connectivity index (χ1) is 14.7. The van der Waals surface area contributed by atoms with E-state index in [0.717, 1.165) is 5.56 Å². The molecule has 0 amide bonds. The van der Waals surface area contributed by atoms with Crippen molar-refractivity contribution in [1.29, 1.82) is 0 Å². The highest BCUT2D eigenvalue weighted by Crippen LogP contribution is 2.49. The number of nitrogens with two attached hydrogens (primary N) is 1. The lowest BCUT2D eigenvalue weighted by atomic mass is 9.90. The van der Waals surface area contributed by atoms with Crippen molar-refractivity contribution in [2.24, 2.45) is 5.73 Å². The van der Waals surface area contributed by atoms with Gasteiger partial charge in [0.2, 0.25) is 0 Å². The summed E-state index contributed by atoms with van der Waals surface area (Å²) in [5.74, 6) is 0.435. The second kappa shape index (κ2) is 6.58. The van der Waals surface area contributed by atoms with Crippen LogP contribution in [0.3, 0.4) is 0 Å². The van der Waals surface area contributed by atoms with Crippen molar-refractivity contribution in [3.05, 3.63) is 114 Å². The minimum Gasteiger partial charge on any atom is -0.332 e. The minimum atomic E-state index is -0.106. The minimum absolute atomic E-state index is 0.106. The Morgan fingerprint density at radius 1 is 0.933 bits per heavy atom. The van der Waals surface area contributed by atoms with Crippen LogP contribution in [0.1, 0.15) is 41.6 Å². The van der Waals surface area contributed by atoms with Gasteiger partial charge in [-0.25, -0.2) is 0 Å². The van der Waals surface area contributed by atoms with E-state index in [2.05, 4.69) is 90.4 Å². The van der Waals surface area contributed by atoms with E-state index in [0.29, 0.717) is 12.0 Å². The van der Waals surface area contributed by atoms with Gasteiger partial charge < -0.3 is 10.3 Å². The molecule has 2 heterocycles. The van der Waals surface area contributed by atoms with Crippen LogP contribution < -0.4 is 5.73 Å². The number of fused-ring (bicyclic) bond motifs is 6. The lowest BCUT2D eigenvalue weighted by molar-refractivity contribution is 0.615. The topological polar surface area (TPSA) is 30.9 Å². The number of hydrogen-bond donors (Lipinski definition) is 1. The Labute approximate surface area is 176 Å². The maximum atomic E-state index is 6.46. The second-order valence-electron chi connectivity index (χ2n) is 8.42. The van der Waals surface area contributed by atoms with Crippen molar-refractivity contribution in [2.45, 2.75) is 24.9 Å². The van der Waals surface area contributed by atoms with E-state index in [-0.39, 0.29) is 6.04 Å². The molecule has 3 unspecified atom stereocenters. The SMILES string of the molecule is C/C(=C\C(N)c1ccccc1)c1ccc2c3cccc4c3n(c2c1)C1C=CC=CC41. The van der Waals surface area contributed by atoms with Crippen molar-refractivity contribution in [3.8, 4) is 0 Å². The van der Waals surface area contributed by atoms with E-state index in [1.54, 1.807) is 0 Å². The Morgan fingerprint density at radius 2 is 1.77 bits per heavy atom. The van der Waals surface area contributed by atoms with Crippen molar-refractivity contribution in [2.75, 3.05) is 0 Å². The molecule has 146 valence electrons. The van der Waals surface area contributed by atoms with Gasteiger partial charge >= 0.3 is 0 Å². The molecule has 2 aliphatic rings. The summed E-state index contributed by atoms with van der Waals surface area (Å²) in [4.78, 5) is 0. The van der Waals surface area contributed by atoms with Gasteiger partial charge in [-0.3, -0.25) is 0 Å². The largest absolute Gasteiger partial charge is 0.332 e. The highest BCUT2D eigenvalue weighted by Gasteiger charge is 2.33. The molecule has 2 N–H and O–H groups in total. The molecule has 0 radical (unpaired) electrons. The molecule has 3 aromatic carbocycles. The zero-order valence-corrected chi connectivity index (χ0v) is 17.0. The molecular formula is C28H24N2. The summed E-state index contributed by atoms with van der Waals surface area (Å²) in [6.07, 6.45) is 11.2. The smallest absolute Gasteiger partial charge is 0.0630 e. The summed E-state index contributed by atoms with van der Waals surface area (Å²) >= 11 is 0. The van der Waals surface area contributed by atoms with Gasteiger partial charge in [-0.15, -0.1) is 0 Å². The van der Waals surface area contributed by atoms with Crippen LogP contribution in [0.4, 0.5) is 0 Å². The lowest BCUT2D eigenvalue weighted by Gasteiger charge is -2.20. The maximum absolute atomic E-state index is 6.46. The van der Waals surface area contributed by atoms with Gasteiger partial charge in [-0.2, -0.15) is 0 Å². The van der Waals surface area contributed by atoms with Gasteiger partial charge in [-0.1, -0.05) is 91.0 Å². The monoisotopic (exact) mass is 388 g/mol. The van der Waals surface area contributed by atoms with Crippen LogP contribution in [-0.2, 0) is 0 Å². The highest BCUT2D eigenvalue weighted by molar-refractivity contribution is 6.11. The number of allylic oxidation sites excluding steroid dienone is 5. The molecule has 0 fully saturated rings. The van der Waals surface area contributed by atoms with Gasteiger partial charge in [0.1, 0.15) is 0 Å². The number of para-hydroxylation sites is 1. The standard InChI is InChI=1S/C28H24N2/c1-18(16-25(29)19-8-3-2-4-9-19)20-14-15-22-24-12-7-11-23-21-10-5-6-13-26(21)30(28(23)24)27(22)17-20/h2-17,21,25-26H,29H2,1H3/b18-16+. The average molecular weight is 389 g/mol. The van der Waals surface area contributed by atoms with Crippen LogP contribution in [0.5, 0.6) is 0 Å². The second-order valence-corrected chi connectivity index (χ2v) is 8.42. The predicted molar refractivity (Wildman–Crippen MR) is 127 cm³/mol. The first-order valence-electron chi connectivity index (χ1n) is 10.6. The van der Waals surface area contributed by atoms with E-state index >= 15 is 0 Å². The van der Waals surface area contributed by atoms with E-state index in [1.165, 1.54) is 38.5 Å². The van der Waals surface area contributed by atoms with Crippen LogP contribution in [0, 0.1) is 0 Å². The molecule has 0 saturated carbocycles. The molecule has 1 aliphatic heterocycles. The Hall–Kier alpha value is -3.36. The molecule has 2 heteroatoms. The van der Waals surface area contributed by atoms with Crippen molar-refractivity contribution in [1.82, 2.24) is 4.57 Å². The van der Waals surface area contributed by atoms with E-state index in [4.69, 9.17) is 5.73 Å². The molecule has 3 atom stereocenters.